The van der Waals surface area contributed by atoms with Crippen molar-refractivity contribution in [2.45, 2.75) is 40.7 Å². The van der Waals surface area contributed by atoms with Crippen molar-refractivity contribution in [1.82, 2.24) is 20.4 Å². The first-order valence-electron chi connectivity index (χ1n) is 9.29. The molecule has 2 amide bonds. The molecule has 3 aromatic rings. The summed E-state index contributed by atoms with van der Waals surface area (Å²) in [7, 11) is 0. The van der Waals surface area contributed by atoms with E-state index in [9.17, 15) is 9.59 Å². The molecule has 1 unspecified atom stereocenters. The maximum absolute atomic E-state index is 13.0. The number of nitrogens with one attached hydrogen (secondary N) is 1. The van der Waals surface area contributed by atoms with Crippen molar-refractivity contribution in [3.05, 3.63) is 34.3 Å². The maximum atomic E-state index is 13.0. The van der Waals surface area contributed by atoms with Crippen LogP contribution in [0.1, 0.15) is 41.7 Å². The van der Waals surface area contributed by atoms with Crippen LogP contribution >= 0.6 is 11.3 Å². The third-order valence-corrected chi connectivity index (χ3v) is 5.67. The molecule has 0 spiro atoms. The van der Waals surface area contributed by atoms with E-state index in [1.165, 1.54) is 0 Å². The van der Waals surface area contributed by atoms with Gasteiger partial charge in [-0.2, -0.15) is 0 Å². The number of fused-ring (bicyclic) bond motifs is 1. The molecular formula is C20H24N4O3S. The highest BCUT2D eigenvalue weighted by molar-refractivity contribution is 7.15. The monoisotopic (exact) mass is 400 g/mol. The fraction of sp³-hybridized carbons (Fsp3) is 0.400. The minimum absolute atomic E-state index is 0.111. The molecule has 148 valence electrons. The second-order valence-corrected chi connectivity index (χ2v) is 7.91. The lowest BCUT2D eigenvalue weighted by molar-refractivity contribution is -0.132. The highest BCUT2D eigenvalue weighted by Crippen LogP contribution is 2.31. The normalized spacial score (nSPS) is 12.2. The summed E-state index contributed by atoms with van der Waals surface area (Å²) in [6.45, 7) is 10.5. The standard InChI is InChI=1S/C20H24N4O3S/c1-6-24(7-2)20(26)13(5)21-18(25)14-10-15(16-9-8-11(3)28-16)22-19-17(14)12(4)23-27-19/h8-10,13H,6-7H2,1-5H3,(H,21,25). The first-order chi connectivity index (χ1) is 13.3. The lowest BCUT2D eigenvalue weighted by Gasteiger charge is -2.23. The van der Waals surface area contributed by atoms with E-state index in [0.29, 0.717) is 41.1 Å². The number of carbonyl (C=O) groups is 2. The van der Waals surface area contributed by atoms with Gasteiger partial charge in [-0.1, -0.05) is 5.16 Å². The first-order valence-corrected chi connectivity index (χ1v) is 10.1. The Morgan fingerprint density at radius 2 is 1.96 bits per heavy atom. The molecule has 8 heteroatoms. The summed E-state index contributed by atoms with van der Waals surface area (Å²) in [5, 5.41) is 7.34. The molecule has 0 bridgehead atoms. The Morgan fingerprint density at radius 1 is 1.25 bits per heavy atom. The van der Waals surface area contributed by atoms with Gasteiger partial charge in [0, 0.05) is 18.0 Å². The van der Waals surface area contributed by atoms with Crippen LogP contribution in [0.3, 0.4) is 0 Å². The Hall–Kier alpha value is -2.74. The second-order valence-electron chi connectivity index (χ2n) is 6.62. The highest BCUT2D eigenvalue weighted by atomic mass is 32.1. The molecule has 3 heterocycles. The fourth-order valence-corrected chi connectivity index (χ4v) is 3.95. The summed E-state index contributed by atoms with van der Waals surface area (Å²) in [6.07, 6.45) is 0. The van der Waals surface area contributed by atoms with Gasteiger partial charge in [0.1, 0.15) is 6.04 Å². The lowest BCUT2D eigenvalue weighted by Crippen LogP contribution is -2.46. The molecular weight excluding hydrogens is 376 g/mol. The van der Waals surface area contributed by atoms with E-state index < -0.39 is 6.04 Å². The average molecular weight is 401 g/mol. The van der Waals surface area contributed by atoms with Crippen molar-refractivity contribution >= 4 is 34.3 Å². The van der Waals surface area contributed by atoms with Crippen molar-refractivity contribution in [2.75, 3.05) is 13.1 Å². The molecule has 0 radical (unpaired) electrons. The average Bonchev–Trinajstić information content (AvgIpc) is 3.27. The zero-order valence-corrected chi connectivity index (χ0v) is 17.5. The number of likely N-dealkylation sites (N-methyl/N-ethyl adjacent to an activating group) is 1. The molecule has 0 saturated heterocycles. The van der Waals surface area contributed by atoms with Gasteiger partial charge in [0.05, 0.1) is 27.2 Å². The predicted octanol–water partition coefficient (Wildman–Crippen LogP) is 3.55. The van der Waals surface area contributed by atoms with Crippen LogP contribution < -0.4 is 5.32 Å². The van der Waals surface area contributed by atoms with Crippen LogP contribution in [-0.4, -0.2) is 46.0 Å². The molecule has 3 aromatic heterocycles. The number of pyridine rings is 1. The van der Waals surface area contributed by atoms with Crippen LogP contribution in [0.4, 0.5) is 0 Å². The number of carbonyl (C=O) groups excluding carboxylic acids is 2. The third-order valence-electron chi connectivity index (χ3n) is 4.65. The number of hydrogen-bond donors (Lipinski definition) is 1. The van der Waals surface area contributed by atoms with Gasteiger partial charge in [-0.15, -0.1) is 11.3 Å². The summed E-state index contributed by atoms with van der Waals surface area (Å²) in [5.41, 5.74) is 1.96. The van der Waals surface area contributed by atoms with Crippen molar-refractivity contribution in [2.24, 2.45) is 0 Å². The molecule has 0 aliphatic heterocycles. The second kappa shape index (κ2) is 8.10. The van der Waals surface area contributed by atoms with Gasteiger partial charge < -0.3 is 14.7 Å². The summed E-state index contributed by atoms with van der Waals surface area (Å²) in [6, 6.07) is 5.07. The lowest BCUT2D eigenvalue weighted by atomic mass is 10.1. The number of amides is 2. The molecule has 7 nitrogen and oxygen atoms in total. The fourth-order valence-electron chi connectivity index (χ4n) is 3.12. The SMILES string of the molecule is CCN(CC)C(=O)C(C)NC(=O)c1cc(-c2ccc(C)s2)nc2onc(C)c12. The quantitative estimate of drug-likeness (QED) is 0.683. The minimum atomic E-state index is -0.636. The van der Waals surface area contributed by atoms with E-state index in [4.69, 9.17) is 4.52 Å². The number of nitrogens with zero attached hydrogens (tertiary/aromatic N) is 3. The number of rotatable bonds is 6. The van der Waals surface area contributed by atoms with Gasteiger partial charge in [-0.25, -0.2) is 4.98 Å². The largest absolute Gasteiger partial charge is 0.341 e. The molecule has 0 fully saturated rings. The molecule has 0 aromatic carbocycles. The first kappa shape index (κ1) is 20.0. The van der Waals surface area contributed by atoms with E-state index in [1.807, 2.05) is 32.9 Å². The predicted molar refractivity (Wildman–Crippen MR) is 109 cm³/mol. The van der Waals surface area contributed by atoms with E-state index in [0.717, 1.165) is 9.75 Å². The van der Waals surface area contributed by atoms with E-state index in [-0.39, 0.29) is 11.8 Å². The Kier molecular flexibility index (Phi) is 5.79. The number of hydrogen-bond acceptors (Lipinski definition) is 6. The zero-order valence-electron chi connectivity index (χ0n) is 16.7. The van der Waals surface area contributed by atoms with Crippen molar-refractivity contribution < 1.29 is 14.1 Å². The summed E-state index contributed by atoms with van der Waals surface area (Å²) >= 11 is 1.59. The Bertz CT molecular complexity index is 1020. The van der Waals surface area contributed by atoms with Crippen LogP contribution in [0.5, 0.6) is 0 Å². The van der Waals surface area contributed by atoms with Crippen LogP contribution in [0.2, 0.25) is 0 Å². The molecule has 28 heavy (non-hydrogen) atoms. The van der Waals surface area contributed by atoms with Gasteiger partial charge in [-0.3, -0.25) is 9.59 Å². The molecule has 1 atom stereocenters. The van der Waals surface area contributed by atoms with Crippen molar-refractivity contribution in [1.29, 1.82) is 0 Å². The zero-order chi connectivity index (χ0) is 20.4. The van der Waals surface area contributed by atoms with Gasteiger partial charge in [0.15, 0.2) is 0 Å². The van der Waals surface area contributed by atoms with Crippen LogP contribution in [0, 0.1) is 13.8 Å². The van der Waals surface area contributed by atoms with Crippen molar-refractivity contribution in [3.8, 4) is 10.6 Å². The number of thiophene rings is 1. The van der Waals surface area contributed by atoms with Crippen LogP contribution in [0.25, 0.3) is 21.7 Å². The molecule has 0 saturated carbocycles. The maximum Gasteiger partial charge on any atom is 0.259 e. The molecule has 0 aliphatic carbocycles. The van der Waals surface area contributed by atoms with E-state index in [2.05, 4.69) is 15.5 Å². The summed E-state index contributed by atoms with van der Waals surface area (Å²) in [5.74, 6) is -0.457. The molecule has 1 N–H and O–H groups in total. The van der Waals surface area contributed by atoms with Gasteiger partial charge in [-0.05, 0) is 52.8 Å². The topological polar surface area (TPSA) is 88.3 Å². The van der Waals surface area contributed by atoms with E-state index in [1.54, 1.807) is 36.2 Å². The smallest absolute Gasteiger partial charge is 0.259 e. The Morgan fingerprint density at radius 3 is 2.57 bits per heavy atom. The van der Waals surface area contributed by atoms with Crippen LogP contribution in [0.15, 0.2) is 22.7 Å². The van der Waals surface area contributed by atoms with E-state index >= 15 is 0 Å². The van der Waals surface area contributed by atoms with Crippen LogP contribution in [-0.2, 0) is 4.79 Å². The molecule has 0 aliphatic rings. The summed E-state index contributed by atoms with van der Waals surface area (Å²) in [4.78, 5) is 33.8. The van der Waals surface area contributed by atoms with Gasteiger partial charge >= 0.3 is 0 Å². The van der Waals surface area contributed by atoms with Gasteiger partial charge in [0.2, 0.25) is 5.91 Å². The Balaban J connectivity index is 1.97. The van der Waals surface area contributed by atoms with Gasteiger partial charge in [0.25, 0.3) is 11.6 Å². The number of aryl methyl sites for hydroxylation is 2. The Labute approximate surface area is 167 Å². The molecule has 3 rings (SSSR count). The number of aromatic nitrogens is 2. The van der Waals surface area contributed by atoms with Crippen molar-refractivity contribution in [3.63, 3.8) is 0 Å². The summed E-state index contributed by atoms with van der Waals surface area (Å²) < 4.78 is 5.32. The third kappa shape index (κ3) is 3.77. The minimum Gasteiger partial charge on any atom is -0.341 e. The highest BCUT2D eigenvalue weighted by Gasteiger charge is 2.24.